The SMILES string of the molecule is C=CCN(Cc1ccccc1)C(=O)[C@H]1[C@H]2C(=O)N(CCO)C(C(=O)N(CC=C)c3ccccc3Cl)C23CC[C@]1(C)O3. The minimum atomic E-state index is -1.22. The molecule has 216 valence electrons. The van der Waals surface area contributed by atoms with Gasteiger partial charge in [0, 0.05) is 26.2 Å². The number of benzene rings is 2. The number of hydrogen-bond acceptors (Lipinski definition) is 5. The fourth-order valence-corrected chi connectivity index (χ4v) is 7.31. The Morgan fingerprint density at radius 2 is 1.76 bits per heavy atom. The molecule has 1 spiro atoms. The van der Waals surface area contributed by atoms with E-state index in [9.17, 15) is 19.5 Å². The molecular formula is C32H36ClN3O5. The number of likely N-dealkylation sites (tertiary alicyclic amines) is 1. The summed E-state index contributed by atoms with van der Waals surface area (Å²) in [5.41, 5.74) is -0.697. The maximum absolute atomic E-state index is 14.5. The number of amides is 3. The van der Waals surface area contributed by atoms with Gasteiger partial charge in [0.25, 0.3) is 5.91 Å². The van der Waals surface area contributed by atoms with Gasteiger partial charge in [-0.25, -0.2) is 0 Å². The van der Waals surface area contributed by atoms with Crippen LogP contribution in [0.5, 0.6) is 0 Å². The quantitative estimate of drug-likeness (QED) is 0.410. The largest absolute Gasteiger partial charge is 0.395 e. The van der Waals surface area contributed by atoms with Gasteiger partial charge in [0.1, 0.15) is 11.6 Å². The number of aliphatic hydroxyl groups excluding tert-OH is 1. The van der Waals surface area contributed by atoms with Gasteiger partial charge in [-0.2, -0.15) is 0 Å². The first kappa shape index (κ1) is 29.0. The molecule has 0 saturated carbocycles. The molecule has 5 rings (SSSR count). The lowest BCUT2D eigenvalue weighted by Gasteiger charge is -2.37. The fraction of sp³-hybridized carbons (Fsp3) is 0.406. The third kappa shape index (κ3) is 4.78. The first-order valence-electron chi connectivity index (χ1n) is 13.9. The fourth-order valence-electron chi connectivity index (χ4n) is 7.07. The van der Waals surface area contributed by atoms with Crippen molar-refractivity contribution in [3.8, 4) is 0 Å². The summed E-state index contributed by atoms with van der Waals surface area (Å²) >= 11 is 6.50. The number of carbonyl (C=O) groups excluding carboxylic acids is 3. The van der Waals surface area contributed by atoms with Gasteiger partial charge >= 0.3 is 0 Å². The molecule has 5 atom stereocenters. The lowest BCUT2D eigenvalue weighted by Crippen LogP contribution is -2.57. The number of fused-ring (bicyclic) bond motifs is 1. The van der Waals surface area contributed by atoms with Crippen molar-refractivity contribution in [1.82, 2.24) is 9.80 Å². The standard InChI is InChI=1S/C32H36ClN3O5/c1-4-17-34(21-22-11-7-6-8-12-22)28(38)25-26-29(39)36(19-20-37)27(32(26)16-15-31(25,3)41-32)30(40)35(18-5-2)24-14-10-9-13-23(24)33/h4-14,25-27,37H,1-2,15-21H2,3H3/t25-,26+,27?,31+,32?/m1/s1. The molecule has 2 aromatic carbocycles. The summed E-state index contributed by atoms with van der Waals surface area (Å²) in [6.45, 7) is 9.96. The Bertz CT molecular complexity index is 1350. The topological polar surface area (TPSA) is 90.4 Å². The predicted molar refractivity (Wildman–Crippen MR) is 157 cm³/mol. The summed E-state index contributed by atoms with van der Waals surface area (Å²) in [5, 5.41) is 10.3. The number of hydrogen-bond donors (Lipinski definition) is 1. The van der Waals surface area contributed by atoms with Crippen molar-refractivity contribution < 1.29 is 24.2 Å². The predicted octanol–water partition coefficient (Wildman–Crippen LogP) is 3.83. The van der Waals surface area contributed by atoms with Crippen molar-refractivity contribution in [3.05, 3.63) is 90.5 Å². The molecule has 3 aliphatic heterocycles. The van der Waals surface area contributed by atoms with Crippen LogP contribution in [0.4, 0.5) is 5.69 Å². The molecular weight excluding hydrogens is 542 g/mol. The van der Waals surface area contributed by atoms with Crippen LogP contribution in [0.25, 0.3) is 0 Å². The van der Waals surface area contributed by atoms with Gasteiger partial charge in [-0.05, 0) is 37.5 Å². The molecule has 2 bridgehead atoms. The molecule has 3 fully saturated rings. The molecule has 3 heterocycles. The Morgan fingerprint density at radius 3 is 2.41 bits per heavy atom. The normalized spacial score (nSPS) is 27.9. The van der Waals surface area contributed by atoms with Crippen LogP contribution in [0.1, 0.15) is 25.3 Å². The average molecular weight is 578 g/mol. The van der Waals surface area contributed by atoms with E-state index >= 15 is 0 Å². The summed E-state index contributed by atoms with van der Waals surface area (Å²) in [4.78, 5) is 47.6. The molecule has 2 aromatic rings. The molecule has 2 unspecified atom stereocenters. The molecule has 3 amide bonds. The highest BCUT2D eigenvalue weighted by Crippen LogP contribution is 2.63. The Hall–Kier alpha value is -3.46. The number of halogens is 1. The van der Waals surface area contributed by atoms with Crippen molar-refractivity contribution in [2.24, 2.45) is 11.8 Å². The Kier molecular flexibility index (Phi) is 8.10. The van der Waals surface area contributed by atoms with Crippen molar-refractivity contribution in [2.45, 2.75) is 43.6 Å². The third-order valence-electron chi connectivity index (χ3n) is 8.72. The van der Waals surface area contributed by atoms with E-state index in [1.165, 1.54) is 9.80 Å². The van der Waals surface area contributed by atoms with Crippen LogP contribution in [0.2, 0.25) is 5.02 Å². The molecule has 3 aliphatic rings. The first-order valence-corrected chi connectivity index (χ1v) is 14.3. The number of nitrogens with zero attached hydrogens (tertiary/aromatic N) is 3. The third-order valence-corrected chi connectivity index (χ3v) is 9.04. The van der Waals surface area contributed by atoms with Crippen molar-refractivity contribution >= 4 is 35.0 Å². The van der Waals surface area contributed by atoms with E-state index in [-0.39, 0.29) is 37.4 Å². The van der Waals surface area contributed by atoms with E-state index in [0.717, 1.165) is 5.56 Å². The van der Waals surface area contributed by atoms with Crippen LogP contribution in [-0.2, 0) is 25.7 Å². The maximum atomic E-state index is 14.5. The minimum absolute atomic E-state index is 0.0562. The summed E-state index contributed by atoms with van der Waals surface area (Å²) in [7, 11) is 0. The number of ether oxygens (including phenoxy) is 1. The molecule has 0 aromatic heterocycles. The zero-order valence-electron chi connectivity index (χ0n) is 23.2. The summed E-state index contributed by atoms with van der Waals surface area (Å²) < 4.78 is 6.74. The first-order chi connectivity index (χ1) is 19.7. The van der Waals surface area contributed by atoms with Gasteiger partial charge < -0.3 is 24.5 Å². The summed E-state index contributed by atoms with van der Waals surface area (Å²) in [5.74, 6) is -2.60. The Labute approximate surface area is 245 Å². The lowest BCUT2D eigenvalue weighted by atomic mass is 9.66. The highest BCUT2D eigenvalue weighted by molar-refractivity contribution is 6.34. The van der Waals surface area contributed by atoms with Gasteiger partial charge in [0.2, 0.25) is 11.8 Å². The number of β-amino-alcohol motifs (C(OH)–C–C–N with tert-alkyl or cyclic N) is 1. The van der Waals surface area contributed by atoms with Gasteiger partial charge in [-0.3, -0.25) is 14.4 Å². The van der Waals surface area contributed by atoms with Crippen LogP contribution in [0, 0.1) is 11.8 Å². The molecule has 0 aliphatic carbocycles. The van der Waals surface area contributed by atoms with Crippen molar-refractivity contribution in [2.75, 3.05) is 31.1 Å². The van der Waals surface area contributed by atoms with E-state index in [4.69, 9.17) is 16.3 Å². The zero-order valence-corrected chi connectivity index (χ0v) is 24.0. The molecule has 8 nitrogen and oxygen atoms in total. The number of rotatable bonds is 11. The van der Waals surface area contributed by atoms with Crippen LogP contribution in [-0.4, -0.2) is 76.1 Å². The van der Waals surface area contributed by atoms with E-state index in [1.54, 1.807) is 41.3 Å². The maximum Gasteiger partial charge on any atom is 0.253 e. The monoisotopic (exact) mass is 577 g/mol. The second kappa shape index (κ2) is 11.4. The van der Waals surface area contributed by atoms with Crippen LogP contribution in [0.15, 0.2) is 79.9 Å². The van der Waals surface area contributed by atoms with Gasteiger partial charge in [0.05, 0.1) is 34.8 Å². The second-order valence-electron chi connectivity index (χ2n) is 11.2. The molecule has 1 N–H and O–H groups in total. The van der Waals surface area contributed by atoms with E-state index < -0.39 is 29.1 Å². The Balaban J connectivity index is 1.55. The molecule has 0 radical (unpaired) electrons. The van der Waals surface area contributed by atoms with Crippen LogP contribution >= 0.6 is 11.6 Å². The second-order valence-corrected chi connectivity index (χ2v) is 11.6. The Morgan fingerprint density at radius 1 is 1.07 bits per heavy atom. The van der Waals surface area contributed by atoms with E-state index in [2.05, 4.69) is 13.2 Å². The van der Waals surface area contributed by atoms with E-state index in [0.29, 0.717) is 36.6 Å². The number of para-hydroxylation sites is 1. The van der Waals surface area contributed by atoms with Crippen LogP contribution in [0.3, 0.4) is 0 Å². The van der Waals surface area contributed by atoms with Crippen molar-refractivity contribution in [1.29, 1.82) is 0 Å². The summed E-state index contributed by atoms with van der Waals surface area (Å²) in [6, 6.07) is 15.6. The average Bonchev–Trinajstić information content (AvgIpc) is 3.53. The highest BCUT2D eigenvalue weighted by Gasteiger charge is 2.78. The highest BCUT2D eigenvalue weighted by atomic mass is 35.5. The van der Waals surface area contributed by atoms with Gasteiger partial charge in [-0.15, -0.1) is 13.2 Å². The smallest absolute Gasteiger partial charge is 0.253 e. The molecule has 9 heteroatoms. The minimum Gasteiger partial charge on any atom is -0.395 e. The number of anilines is 1. The van der Waals surface area contributed by atoms with Gasteiger partial charge in [-0.1, -0.05) is 66.2 Å². The summed E-state index contributed by atoms with van der Waals surface area (Å²) in [6.07, 6.45) is 4.23. The number of aliphatic hydroxyl groups is 1. The van der Waals surface area contributed by atoms with Gasteiger partial charge in [0.15, 0.2) is 0 Å². The zero-order chi connectivity index (χ0) is 29.4. The van der Waals surface area contributed by atoms with E-state index in [1.807, 2.05) is 37.3 Å². The molecule has 41 heavy (non-hydrogen) atoms. The molecule has 3 saturated heterocycles. The number of carbonyl (C=O) groups is 3. The van der Waals surface area contributed by atoms with Crippen LogP contribution < -0.4 is 4.90 Å². The van der Waals surface area contributed by atoms with Crippen molar-refractivity contribution in [3.63, 3.8) is 0 Å². The lowest BCUT2D eigenvalue weighted by molar-refractivity contribution is -0.150.